The third-order valence-corrected chi connectivity index (χ3v) is 5.08. The zero-order chi connectivity index (χ0) is 32.7. The zero-order valence-electron chi connectivity index (χ0n) is 18.9. The normalized spacial score (nSPS) is 15.9. The molecule has 0 heterocycles. The summed E-state index contributed by atoms with van der Waals surface area (Å²) in [6.45, 7) is 0.970. The molecule has 40 heavy (non-hydrogen) atoms. The van der Waals surface area contributed by atoms with Crippen LogP contribution in [0.15, 0.2) is 12.7 Å². The van der Waals surface area contributed by atoms with Gasteiger partial charge in [-0.2, -0.15) is 92.2 Å². The van der Waals surface area contributed by atoms with Crippen molar-refractivity contribution in [3.63, 3.8) is 0 Å². The van der Waals surface area contributed by atoms with E-state index in [9.17, 15) is 92.2 Å². The summed E-state index contributed by atoms with van der Waals surface area (Å²) in [7, 11) is 0. The quantitative estimate of drug-likeness (QED) is 0.0925. The number of ether oxygens (including phenoxy) is 1. The van der Waals surface area contributed by atoms with Gasteiger partial charge in [0.1, 0.15) is 0 Å². The molecule has 0 fully saturated rings. The van der Waals surface area contributed by atoms with Crippen molar-refractivity contribution in [2.24, 2.45) is 0 Å². The van der Waals surface area contributed by atoms with Gasteiger partial charge in [-0.3, -0.25) is 0 Å². The van der Waals surface area contributed by atoms with E-state index in [1.807, 2.05) is 0 Å². The summed E-state index contributed by atoms with van der Waals surface area (Å²) >= 11 is 0. The molecule has 0 spiro atoms. The van der Waals surface area contributed by atoms with Crippen LogP contribution in [0.1, 0.15) is 25.7 Å². The lowest BCUT2D eigenvalue weighted by atomic mass is 9.86. The van der Waals surface area contributed by atoms with Crippen LogP contribution in [0.5, 0.6) is 0 Å². The van der Waals surface area contributed by atoms with E-state index in [0.29, 0.717) is 6.42 Å². The molecule has 0 aliphatic rings. The van der Waals surface area contributed by atoms with Gasteiger partial charge < -0.3 is 4.74 Å². The topological polar surface area (TPSA) is 9.23 Å². The minimum atomic E-state index is -9.16. The van der Waals surface area contributed by atoms with Crippen LogP contribution in [0.2, 0.25) is 0 Å². The Morgan fingerprint density at radius 3 is 1.07 bits per heavy atom. The molecular formula is C18H15F21O. The van der Waals surface area contributed by atoms with Gasteiger partial charge in [0.25, 0.3) is 0 Å². The smallest absolute Gasteiger partial charge is 0.381 e. The van der Waals surface area contributed by atoms with Gasteiger partial charge in [0.05, 0.1) is 6.61 Å². The second-order valence-corrected chi connectivity index (χ2v) is 7.94. The Morgan fingerprint density at radius 2 is 0.750 bits per heavy atom. The van der Waals surface area contributed by atoms with Gasteiger partial charge in [0, 0.05) is 13.0 Å². The third kappa shape index (κ3) is 5.65. The van der Waals surface area contributed by atoms with E-state index in [1.165, 1.54) is 6.08 Å². The van der Waals surface area contributed by atoms with Crippen molar-refractivity contribution in [2.45, 2.75) is 85.2 Å². The first-order valence-corrected chi connectivity index (χ1v) is 9.97. The molecule has 0 aliphatic carbocycles. The second-order valence-electron chi connectivity index (χ2n) is 7.94. The van der Waals surface area contributed by atoms with E-state index in [0.717, 1.165) is 0 Å². The fraction of sp³-hybridized carbons (Fsp3) is 0.889. The first kappa shape index (κ1) is 38.2. The monoisotopic (exact) mass is 646 g/mol. The fourth-order valence-corrected chi connectivity index (χ4v) is 2.54. The van der Waals surface area contributed by atoms with Crippen LogP contribution >= 0.6 is 0 Å². The number of alkyl halides is 21. The van der Waals surface area contributed by atoms with Crippen LogP contribution in [-0.2, 0) is 4.74 Å². The number of unbranched alkanes of at least 4 members (excludes halogenated alkanes) is 2. The largest absolute Gasteiger partial charge is 0.460 e. The van der Waals surface area contributed by atoms with Crippen LogP contribution in [0.4, 0.5) is 92.2 Å². The molecule has 240 valence electrons. The van der Waals surface area contributed by atoms with E-state index in [-0.39, 0.29) is 12.8 Å². The highest BCUT2D eigenvalue weighted by Crippen LogP contribution is 2.66. The molecule has 0 bridgehead atoms. The number of hydrogen-bond donors (Lipinski definition) is 0. The van der Waals surface area contributed by atoms with Crippen molar-refractivity contribution in [1.82, 2.24) is 0 Å². The van der Waals surface area contributed by atoms with Gasteiger partial charge in [-0.05, 0) is 19.3 Å². The van der Waals surface area contributed by atoms with E-state index < -0.39 is 79.1 Å². The molecule has 0 unspecified atom stereocenters. The van der Waals surface area contributed by atoms with Crippen molar-refractivity contribution in [2.75, 3.05) is 13.2 Å². The molecule has 0 saturated heterocycles. The van der Waals surface area contributed by atoms with Crippen LogP contribution in [0.3, 0.4) is 0 Å². The highest BCUT2D eigenvalue weighted by atomic mass is 19.4. The molecule has 0 atom stereocenters. The Bertz CT molecular complexity index is 856. The van der Waals surface area contributed by atoms with Gasteiger partial charge in [-0.1, -0.05) is 6.08 Å². The van der Waals surface area contributed by atoms with Gasteiger partial charge in [0.15, 0.2) is 0 Å². The van der Waals surface area contributed by atoms with Crippen molar-refractivity contribution in [3.8, 4) is 0 Å². The van der Waals surface area contributed by atoms with Crippen LogP contribution in [0, 0.1) is 0 Å². The molecule has 0 amide bonds. The lowest BCUT2D eigenvalue weighted by Gasteiger charge is -2.44. The predicted molar refractivity (Wildman–Crippen MR) is 90.1 cm³/mol. The molecule has 1 nitrogen and oxygen atoms in total. The van der Waals surface area contributed by atoms with E-state index >= 15 is 0 Å². The first-order chi connectivity index (χ1) is 17.3. The number of rotatable bonds is 16. The minimum Gasteiger partial charge on any atom is -0.381 e. The number of hydrogen-bond acceptors (Lipinski definition) is 1. The number of allylic oxidation sites excluding steroid dienone is 1. The Morgan fingerprint density at radius 1 is 0.425 bits per heavy atom. The van der Waals surface area contributed by atoms with Gasteiger partial charge >= 0.3 is 59.5 Å². The lowest BCUT2D eigenvalue weighted by molar-refractivity contribution is -0.474. The molecule has 0 aromatic heterocycles. The van der Waals surface area contributed by atoms with Gasteiger partial charge in [-0.15, -0.1) is 6.58 Å². The highest BCUT2D eigenvalue weighted by molar-refractivity contribution is 5.17. The molecule has 22 heteroatoms. The third-order valence-electron chi connectivity index (χ3n) is 5.08. The Kier molecular flexibility index (Phi) is 10.6. The average molecular weight is 646 g/mol. The van der Waals surface area contributed by atoms with Crippen molar-refractivity contribution < 1.29 is 96.9 Å². The summed E-state index contributed by atoms with van der Waals surface area (Å²) in [6, 6.07) is 0. The molecule has 0 rings (SSSR count). The summed E-state index contributed by atoms with van der Waals surface area (Å²) < 4.78 is 283. The lowest BCUT2D eigenvalue weighted by Crippen LogP contribution is -2.76. The summed E-state index contributed by atoms with van der Waals surface area (Å²) in [6.07, 6.45) is -8.88. The van der Waals surface area contributed by atoms with E-state index in [4.69, 9.17) is 0 Å². The maximum atomic E-state index is 13.7. The van der Waals surface area contributed by atoms with E-state index in [1.54, 1.807) is 0 Å². The summed E-state index contributed by atoms with van der Waals surface area (Å²) in [5.41, 5.74) is 0. The molecular weight excluding hydrogens is 631 g/mol. The summed E-state index contributed by atoms with van der Waals surface area (Å²) in [5.74, 6) is -76.7. The van der Waals surface area contributed by atoms with Gasteiger partial charge in [-0.25, -0.2) is 0 Å². The van der Waals surface area contributed by atoms with Gasteiger partial charge in [0.2, 0.25) is 0 Å². The number of halogens is 21. The molecule has 0 aliphatic heterocycles. The second kappa shape index (κ2) is 11.1. The standard InChI is InChI=1S/C18H15F21O/c1-2-3-4-5-7-40-8-6-9(19,20)10(21,22)11(23,24)12(25,26)13(27,28)14(29,30)15(31,32)16(33,34)17(35,36)18(37,38)39/h2H,1,3-8H2. The Hall–Kier alpha value is -1.77. The van der Waals surface area contributed by atoms with E-state index in [2.05, 4.69) is 11.3 Å². The predicted octanol–water partition coefficient (Wildman–Crippen LogP) is 9.03. The van der Waals surface area contributed by atoms with Crippen LogP contribution in [-0.4, -0.2) is 72.7 Å². The van der Waals surface area contributed by atoms with Crippen LogP contribution < -0.4 is 0 Å². The molecule has 0 radical (unpaired) electrons. The fourth-order valence-electron chi connectivity index (χ4n) is 2.54. The van der Waals surface area contributed by atoms with Crippen molar-refractivity contribution in [1.29, 1.82) is 0 Å². The first-order valence-electron chi connectivity index (χ1n) is 9.97. The average Bonchev–Trinajstić information content (AvgIpc) is 2.76. The Balaban J connectivity index is 6.48. The maximum Gasteiger partial charge on any atom is 0.460 e. The SMILES string of the molecule is C=CCCCCOCCC(F)(F)C(F)(F)C(F)(F)C(F)(F)C(F)(F)C(F)(F)C(F)(F)C(F)(F)C(F)(F)C(F)(F)F. The molecule has 0 aromatic carbocycles. The summed E-state index contributed by atoms with van der Waals surface area (Å²) in [5, 5.41) is 0. The molecule has 0 saturated carbocycles. The van der Waals surface area contributed by atoms with Crippen LogP contribution in [0.25, 0.3) is 0 Å². The molecule has 0 aromatic rings. The Labute approximate surface area is 209 Å². The maximum absolute atomic E-state index is 13.7. The van der Waals surface area contributed by atoms with Crippen molar-refractivity contribution >= 4 is 0 Å². The van der Waals surface area contributed by atoms with Crippen molar-refractivity contribution in [3.05, 3.63) is 12.7 Å². The zero-order valence-corrected chi connectivity index (χ0v) is 18.9. The molecule has 0 N–H and O–H groups in total. The minimum absolute atomic E-state index is 0.0181. The summed E-state index contributed by atoms with van der Waals surface area (Å²) in [4.78, 5) is 0. The highest BCUT2D eigenvalue weighted by Gasteiger charge is 2.97.